The quantitative estimate of drug-likeness (QED) is 0.788. The highest BCUT2D eigenvalue weighted by Crippen LogP contribution is 2.23. The monoisotopic (exact) mass is 238 g/mol. The van der Waals surface area contributed by atoms with Crippen molar-refractivity contribution in [3.8, 4) is 5.75 Å². The van der Waals surface area contributed by atoms with E-state index in [2.05, 4.69) is 0 Å². The fraction of sp³-hybridized carbons (Fsp3) is 0.333. The first-order chi connectivity index (χ1) is 8.04. The topological polar surface area (TPSA) is 83.8 Å². The molecular formula is C12H14O5. The van der Waals surface area contributed by atoms with E-state index in [9.17, 15) is 9.59 Å². The summed E-state index contributed by atoms with van der Waals surface area (Å²) in [6.45, 7) is 0. The van der Waals surface area contributed by atoms with Gasteiger partial charge in [0, 0.05) is 6.42 Å². The minimum Gasteiger partial charge on any atom is -0.497 e. The SMILES string of the molecule is COc1ccc(C(CCC(=O)O)C(=O)O)cc1. The Labute approximate surface area is 98.6 Å². The van der Waals surface area contributed by atoms with Gasteiger partial charge in [-0.3, -0.25) is 9.59 Å². The predicted molar refractivity (Wildman–Crippen MR) is 60.2 cm³/mol. The molecule has 0 spiro atoms. The Morgan fingerprint density at radius 2 is 1.82 bits per heavy atom. The highest BCUT2D eigenvalue weighted by atomic mass is 16.5. The first kappa shape index (κ1) is 13.0. The molecule has 0 radical (unpaired) electrons. The average molecular weight is 238 g/mol. The van der Waals surface area contributed by atoms with Crippen molar-refractivity contribution in [3.63, 3.8) is 0 Å². The van der Waals surface area contributed by atoms with Crippen molar-refractivity contribution in [2.24, 2.45) is 0 Å². The zero-order valence-electron chi connectivity index (χ0n) is 9.42. The number of hydrogen-bond acceptors (Lipinski definition) is 3. The molecule has 1 rings (SSSR count). The van der Waals surface area contributed by atoms with Crippen molar-refractivity contribution in [2.75, 3.05) is 7.11 Å². The molecule has 0 aliphatic heterocycles. The molecule has 17 heavy (non-hydrogen) atoms. The smallest absolute Gasteiger partial charge is 0.310 e. The van der Waals surface area contributed by atoms with Crippen molar-refractivity contribution in [1.82, 2.24) is 0 Å². The summed E-state index contributed by atoms with van der Waals surface area (Å²) < 4.78 is 4.97. The van der Waals surface area contributed by atoms with Crippen LogP contribution < -0.4 is 4.74 Å². The lowest BCUT2D eigenvalue weighted by Crippen LogP contribution is -2.13. The summed E-state index contributed by atoms with van der Waals surface area (Å²) in [7, 11) is 1.52. The van der Waals surface area contributed by atoms with Crippen LogP contribution in [0.2, 0.25) is 0 Å². The molecule has 92 valence electrons. The van der Waals surface area contributed by atoms with Crippen molar-refractivity contribution in [3.05, 3.63) is 29.8 Å². The van der Waals surface area contributed by atoms with Gasteiger partial charge in [-0.15, -0.1) is 0 Å². The highest BCUT2D eigenvalue weighted by molar-refractivity contribution is 5.77. The lowest BCUT2D eigenvalue weighted by molar-refractivity contribution is -0.140. The van der Waals surface area contributed by atoms with Crippen LogP contribution >= 0.6 is 0 Å². The molecule has 1 aromatic carbocycles. The maximum absolute atomic E-state index is 11.0. The van der Waals surface area contributed by atoms with Gasteiger partial charge in [0.2, 0.25) is 0 Å². The Morgan fingerprint density at radius 3 is 2.24 bits per heavy atom. The van der Waals surface area contributed by atoms with Gasteiger partial charge in [0.1, 0.15) is 5.75 Å². The van der Waals surface area contributed by atoms with E-state index in [4.69, 9.17) is 14.9 Å². The van der Waals surface area contributed by atoms with Crippen molar-refractivity contribution < 1.29 is 24.5 Å². The predicted octanol–water partition coefficient (Wildman–Crippen LogP) is 1.73. The van der Waals surface area contributed by atoms with Gasteiger partial charge in [0.25, 0.3) is 0 Å². The molecule has 1 aromatic rings. The number of hydrogen-bond donors (Lipinski definition) is 2. The molecule has 0 heterocycles. The zero-order chi connectivity index (χ0) is 12.8. The Balaban J connectivity index is 2.81. The van der Waals surface area contributed by atoms with Gasteiger partial charge < -0.3 is 14.9 Å². The van der Waals surface area contributed by atoms with E-state index in [1.165, 1.54) is 7.11 Å². The van der Waals surface area contributed by atoms with Gasteiger partial charge in [-0.05, 0) is 24.1 Å². The molecule has 2 N–H and O–H groups in total. The normalized spacial score (nSPS) is 11.8. The Morgan fingerprint density at radius 1 is 1.24 bits per heavy atom. The van der Waals surface area contributed by atoms with Gasteiger partial charge >= 0.3 is 11.9 Å². The second-order valence-corrected chi connectivity index (χ2v) is 3.60. The highest BCUT2D eigenvalue weighted by Gasteiger charge is 2.20. The van der Waals surface area contributed by atoms with Crippen LogP contribution in [0.15, 0.2) is 24.3 Å². The van der Waals surface area contributed by atoms with Crippen LogP contribution in [0, 0.1) is 0 Å². The van der Waals surface area contributed by atoms with Crippen LogP contribution in [0.5, 0.6) is 5.75 Å². The minimum atomic E-state index is -1.02. The molecular weight excluding hydrogens is 224 g/mol. The summed E-state index contributed by atoms with van der Waals surface area (Å²) >= 11 is 0. The Kier molecular flexibility index (Phi) is 4.51. The van der Waals surface area contributed by atoms with Gasteiger partial charge in [0.05, 0.1) is 13.0 Å². The molecule has 5 heteroatoms. The minimum absolute atomic E-state index is 0.0804. The van der Waals surface area contributed by atoms with Crippen LogP contribution in [0.25, 0.3) is 0 Å². The Bertz CT molecular complexity index is 396. The first-order valence-electron chi connectivity index (χ1n) is 5.13. The second kappa shape index (κ2) is 5.89. The number of methoxy groups -OCH3 is 1. The van der Waals surface area contributed by atoms with E-state index < -0.39 is 17.9 Å². The van der Waals surface area contributed by atoms with Crippen LogP contribution in [0.4, 0.5) is 0 Å². The fourth-order valence-corrected chi connectivity index (χ4v) is 1.54. The molecule has 5 nitrogen and oxygen atoms in total. The van der Waals surface area contributed by atoms with E-state index in [1.807, 2.05) is 0 Å². The summed E-state index contributed by atoms with van der Waals surface area (Å²) in [6.07, 6.45) is -0.0833. The molecule has 0 saturated heterocycles. The zero-order valence-corrected chi connectivity index (χ0v) is 9.42. The summed E-state index contributed by atoms with van der Waals surface area (Å²) in [4.78, 5) is 21.5. The van der Waals surface area contributed by atoms with Gasteiger partial charge in [-0.2, -0.15) is 0 Å². The number of aliphatic carboxylic acids is 2. The molecule has 0 aliphatic carbocycles. The van der Waals surface area contributed by atoms with E-state index >= 15 is 0 Å². The van der Waals surface area contributed by atoms with E-state index in [-0.39, 0.29) is 12.8 Å². The van der Waals surface area contributed by atoms with Gasteiger partial charge in [-0.25, -0.2) is 0 Å². The molecule has 0 bridgehead atoms. The van der Waals surface area contributed by atoms with Crippen LogP contribution in [-0.4, -0.2) is 29.3 Å². The maximum Gasteiger partial charge on any atom is 0.310 e. The number of carbonyl (C=O) groups is 2. The summed E-state index contributed by atoms with van der Waals surface area (Å²) in [5.41, 5.74) is 0.583. The molecule has 1 unspecified atom stereocenters. The number of ether oxygens (including phenoxy) is 1. The van der Waals surface area contributed by atoms with Crippen LogP contribution in [-0.2, 0) is 9.59 Å². The lowest BCUT2D eigenvalue weighted by atomic mass is 9.94. The standard InChI is InChI=1S/C12H14O5/c1-17-9-4-2-8(3-5-9)10(12(15)16)6-7-11(13)14/h2-5,10H,6-7H2,1H3,(H,13,14)(H,15,16). The summed E-state index contributed by atoms with van der Waals surface area (Å²) in [5.74, 6) is -2.17. The second-order valence-electron chi connectivity index (χ2n) is 3.60. The van der Waals surface area contributed by atoms with Crippen molar-refractivity contribution in [2.45, 2.75) is 18.8 Å². The van der Waals surface area contributed by atoms with Crippen molar-refractivity contribution >= 4 is 11.9 Å². The third kappa shape index (κ3) is 3.79. The van der Waals surface area contributed by atoms with E-state index in [0.717, 1.165) is 0 Å². The number of benzene rings is 1. The van der Waals surface area contributed by atoms with E-state index in [0.29, 0.717) is 11.3 Å². The number of rotatable bonds is 6. The molecule has 0 saturated carbocycles. The van der Waals surface area contributed by atoms with Crippen LogP contribution in [0.1, 0.15) is 24.3 Å². The molecule has 1 atom stereocenters. The average Bonchev–Trinajstić information content (AvgIpc) is 2.29. The fourth-order valence-electron chi connectivity index (χ4n) is 1.54. The molecule has 0 amide bonds. The summed E-state index contributed by atoms with van der Waals surface area (Å²) in [6, 6.07) is 6.59. The lowest BCUT2D eigenvalue weighted by Gasteiger charge is -2.11. The largest absolute Gasteiger partial charge is 0.497 e. The third-order valence-electron chi connectivity index (χ3n) is 2.46. The third-order valence-corrected chi connectivity index (χ3v) is 2.46. The number of carboxylic acid groups (broad SMARTS) is 2. The summed E-state index contributed by atoms with van der Waals surface area (Å²) in [5, 5.41) is 17.6. The Hall–Kier alpha value is -2.04. The van der Waals surface area contributed by atoms with Crippen molar-refractivity contribution in [1.29, 1.82) is 0 Å². The van der Waals surface area contributed by atoms with Gasteiger partial charge in [-0.1, -0.05) is 12.1 Å². The van der Waals surface area contributed by atoms with E-state index in [1.54, 1.807) is 24.3 Å². The molecule has 0 aliphatic rings. The number of carboxylic acids is 2. The van der Waals surface area contributed by atoms with Crippen LogP contribution in [0.3, 0.4) is 0 Å². The molecule has 0 fully saturated rings. The maximum atomic E-state index is 11.0. The molecule has 0 aromatic heterocycles. The first-order valence-corrected chi connectivity index (χ1v) is 5.13. The van der Waals surface area contributed by atoms with Gasteiger partial charge in [0.15, 0.2) is 0 Å².